The van der Waals surface area contributed by atoms with Crippen LogP contribution in [0.4, 0.5) is 0 Å². The second-order valence-electron chi connectivity index (χ2n) is 9.64. The molecule has 1 amide bonds. The molecule has 1 N–H and O–H groups in total. The zero-order chi connectivity index (χ0) is 23.5. The van der Waals surface area contributed by atoms with Crippen molar-refractivity contribution in [1.82, 2.24) is 29.9 Å². The Hall–Kier alpha value is -2.45. The molecule has 1 aromatic heterocycles. The normalized spacial score (nSPS) is 19.1. The van der Waals surface area contributed by atoms with E-state index in [-0.39, 0.29) is 17.9 Å². The van der Waals surface area contributed by atoms with E-state index in [0.717, 1.165) is 75.9 Å². The number of hydrogen-bond acceptors (Lipinski definition) is 6. The number of fused-ring (bicyclic) bond motifs is 1. The van der Waals surface area contributed by atoms with Crippen LogP contribution in [0.25, 0.3) is 0 Å². The van der Waals surface area contributed by atoms with Crippen molar-refractivity contribution in [3.05, 3.63) is 40.5 Å². The molecule has 4 rings (SSSR count). The summed E-state index contributed by atoms with van der Waals surface area (Å²) >= 11 is 0. The highest BCUT2D eigenvalue weighted by Gasteiger charge is 2.27. The number of rotatable bonds is 6. The van der Waals surface area contributed by atoms with Gasteiger partial charge >= 0.3 is 0 Å². The predicted octanol–water partition coefficient (Wildman–Crippen LogP) is 2.48. The first-order valence-corrected chi connectivity index (χ1v) is 12.1. The van der Waals surface area contributed by atoms with Crippen LogP contribution in [-0.4, -0.2) is 70.8 Å². The van der Waals surface area contributed by atoms with Gasteiger partial charge in [0.25, 0.3) is 0 Å². The van der Waals surface area contributed by atoms with E-state index in [9.17, 15) is 4.79 Å². The fraction of sp³-hybridized carbons (Fsp3) is 0.640. The van der Waals surface area contributed by atoms with E-state index >= 15 is 0 Å². The number of hydrogen-bond donors (Lipinski definition) is 1. The molecule has 0 bridgehead atoms. The molecule has 33 heavy (non-hydrogen) atoms. The molecule has 1 atom stereocenters. The lowest BCUT2D eigenvalue weighted by Crippen LogP contribution is -2.40. The summed E-state index contributed by atoms with van der Waals surface area (Å²) in [6.07, 6.45) is 2.70. The van der Waals surface area contributed by atoms with Gasteiger partial charge in [0, 0.05) is 38.5 Å². The van der Waals surface area contributed by atoms with Crippen molar-refractivity contribution in [1.29, 1.82) is 0 Å². The molecule has 1 aromatic carbocycles. The van der Waals surface area contributed by atoms with Crippen LogP contribution in [0.3, 0.4) is 0 Å². The van der Waals surface area contributed by atoms with Gasteiger partial charge in [-0.15, -0.1) is 10.2 Å². The van der Waals surface area contributed by atoms with E-state index in [1.54, 1.807) is 7.11 Å². The van der Waals surface area contributed by atoms with Crippen LogP contribution >= 0.6 is 0 Å². The third-order valence-electron chi connectivity index (χ3n) is 7.45. The Bertz CT molecular complexity index is 980. The minimum Gasteiger partial charge on any atom is -0.496 e. The van der Waals surface area contributed by atoms with E-state index in [1.807, 2.05) is 6.92 Å². The number of piperidine rings is 1. The highest BCUT2D eigenvalue weighted by molar-refractivity contribution is 5.79. The Labute approximate surface area is 197 Å². The summed E-state index contributed by atoms with van der Waals surface area (Å²) in [5.74, 6) is 3.06. The molecule has 2 aliphatic rings. The number of methoxy groups -OCH3 is 1. The zero-order valence-corrected chi connectivity index (χ0v) is 20.7. The van der Waals surface area contributed by atoms with Crippen molar-refractivity contribution in [3.8, 4) is 5.75 Å². The third kappa shape index (κ3) is 5.22. The van der Waals surface area contributed by atoms with Crippen molar-refractivity contribution in [2.75, 3.05) is 40.3 Å². The molecule has 0 radical (unpaired) electrons. The van der Waals surface area contributed by atoms with Crippen molar-refractivity contribution in [3.63, 3.8) is 0 Å². The third-order valence-corrected chi connectivity index (χ3v) is 7.45. The number of likely N-dealkylation sites (tertiary alicyclic amines) is 1. The first-order chi connectivity index (χ1) is 15.9. The van der Waals surface area contributed by atoms with Gasteiger partial charge in [0.05, 0.1) is 13.2 Å². The lowest BCUT2D eigenvalue weighted by molar-refractivity contribution is -0.127. The number of nitrogens with one attached hydrogen (secondary N) is 1. The summed E-state index contributed by atoms with van der Waals surface area (Å²) in [6.45, 7) is 11.9. The molecule has 0 unspecified atom stereocenters. The molecule has 8 nitrogen and oxygen atoms in total. The number of amides is 1. The average Bonchev–Trinajstić information content (AvgIpc) is 3.11. The summed E-state index contributed by atoms with van der Waals surface area (Å²) in [5.41, 5.74) is 3.84. The summed E-state index contributed by atoms with van der Waals surface area (Å²) in [6, 6.07) is 4.10. The lowest BCUT2D eigenvalue weighted by Gasteiger charge is -2.29. The Morgan fingerprint density at radius 2 is 1.88 bits per heavy atom. The minimum atomic E-state index is -0.142. The topological polar surface area (TPSA) is 75.5 Å². The molecule has 1 saturated heterocycles. The van der Waals surface area contributed by atoms with Crippen LogP contribution in [0.5, 0.6) is 5.75 Å². The number of ether oxygens (including phenoxy) is 1. The highest BCUT2D eigenvalue weighted by atomic mass is 16.5. The van der Waals surface area contributed by atoms with Gasteiger partial charge in [0.2, 0.25) is 5.91 Å². The molecular formula is C25H38N6O2. The van der Waals surface area contributed by atoms with Crippen molar-refractivity contribution >= 4 is 5.91 Å². The van der Waals surface area contributed by atoms with Crippen LogP contribution in [0.15, 0.2) is 12.1 Å². The second kappa shape index (κ2) is 10.2. The Balaban J connectivity index is 1.38. The molecule has 2 aliphatic heterocycles. The quantitative estimate of drug-likeness (QED) is 0.723. The van der Waals surface area contributed by atoms with Crippen LogP contribution in [0.1, 0.15) is 54.1 Å². The van der Waals surface area contributed by atoms with E-state index in [4.69, 9.17) is 4.74 Å². The van der Waals surface area contributed by atoms with Gasteiger partial charge in [-0.2, -0.15) is 0 Å². The molecule has 3 heterocycles. The smallest absolute Gasteiger partial charge is 0.223 e. The molecule has 8 heteroatoms. The molecule has 180 valence electrons. The van der Waals surface area contributed by atoms with Crippen LogP contribution < -0.4 is 10.1 Å². The zero-order valence-electron chi connectivity index (χ0n) is 20.7. The van der Waals surface area contributed by atoms with Crippen molar-refractivity contribution in [2.24, 2.45) is 5.92 Å². The van der Waals surface area contributed by atoms with E-state index < -0.39 is 0 Å². The SMILES string of the molecule is COc1ccc(CN2CCc3nnc([C@H](C)NC(=O)C4CCN(C)CC4)n3CC2)c(C)c1C. The summed E-state index contributed by atoms with van der Waals surface area (Å²) in [7, 11) is 3.84. The Morgan fingerprint density at radius 3 is 2.61 bits per heavy atom. The summed E-state index contributed by atoms with van der Waals surface area (Å²) < 4.78 is 7.68. The van der Waals surface area contributed by atoms with Gasteiger partial charge in [-0.1, -0.05) is 6.07 Å². The number of aromatic nitrogens is 3. The van der Waals surface area contributed by atoms with E-state index in [0.29, 0.717) is 0 Å². The number of benzene rings is 1. The van der Waals surface area contributed by atoms with E-state index in [2.05, 4.69) is 62.9 Å². The predicted molar refractivity (Wildman–Crippen MR) is 128 cm³/mol. The van der Waals surface area contributed by atoms with Gasteiger partial charge in [0.15, 0.2) is 5.82 Å². The molecule has 0 aliphatic carbocycles. The van der Waals surface area contributed by atoms with Crippen LogP contribution in [0, 0.1) is 19.8 Å². The number of nitrogens with zero attached hydrogens (tertiary/aromatic N) is 5. The molecule has 2 aromatic rings. The number of carbonyl (C=O) groups is 1. The summed E-state index contributed by atoms with van der Waals surface area (Å²) in [4.78, 5) is 17.6. The van der Waals surface area contributed by atoms with Crippen LogP contribution in [0.2, 0.25) is 0 Å². The lowest BCUT2D eigenvalue weighted by atomic mass is 9.96. The minimum absolute atomic E-state index is 0.0989. The Kier molecular flexibility index (Phi) is 7.34. The highest BCUT2D eigenvalue weighted by Crippen LogP contribution is 2.26. The van der Waals surface area contributed by atoms with Gasteiger partial charge in [-0.05, 0) is 76.5 Å². The van der Waals surface area contributed by atoms with Crippen molar-refractivity contribution in [2.45, 2.75) is 59.2 Å². The maximum atomic E-state index is 12.8. The van der Waals surface area contributed by atoms with Gasteiger partial charge in [-0.25, -0.2) is 0 Å². The van der Waals surface area contributed by atoms with Gasteiger partial charge in [0.1, 0.15) is 11.6 Å². The van der Waals surface area contributed by atoms with E-state index in [1.165, 1.54) is 16.7 Å². The number of carbonyl (C=O) groups excluding carboxylic acids is 1. The molecular weight excluding hydrogens is 416 g/mol. The molecule has 1 fully saturated rings. The first kappa shape index (κ1) is 23.7. The van der Waals surface area contributed by atoms with Gasteiger partial charge in [-0.3, -0.25) is 9.69 Å². The average molecular weight is 455 g/mol. The molecule has 0 saturated carbocycles. The fourth-order valence-corrected chi connectivity index (χ4v) is 5.02. The largest absolute Gasteiger partial charge is 0.496 e. The second-order valence-corrected chi connectivity index (χ2v) is 9.64. The maximum absolute atomic E-state index is 12.8. The van der Waals surface area contributed by atoms with Crippen molar-refractivity contribution < 1.29 is 9.53 Å². The summed E-state index contributed by atoms with van der Waals surface area (Å²) in [5, 5.41) is 12.1. The molecule has 0 spiro atoms. The van der Waals surface area contributed by atoms with Gasteiger partial charge < -0.3 is 19.5 Å². The monoisotopic (exact) mass is 454 g/mol. The standard InChI is InChI=1S/C25H38N6O2/c1-17-18(2)22(33-5)7-6-21(17)16-30-13-10-23-27-28-24(31(23)15-14-30)19(3)26-25(32)20-8-11-29(4)12-9-20/h6-7,19-20H,8-16H2,1-5H3,(H,26,32)/t19-/m0/s1. The first-order valence-electron chi connectivity index (χ1n) is 12.1. The maximum Gasteiger partial charge on any atom is 0.223 e. The van der Waals surface area contributed by atoms with Crippen LogP contribution in [-0.2, 0) is 24.3 Å². The fourth-order valence-electron chi connectivity index (χ4n) is 5.02. The Morgan fingerprint density at radius 1 is 1.12 bits per heavy atom.